The van der Waals surface area contributed by atoms with Crippen LogP contribution in [0.5, 0.6) is 0 Å². The van der Waals surface area contributed by atoms with E-state index in [2.05, 4.69) is 26.1 Å². The molecule has 0 bridgehead atoms. The average Bonchev–Trinajstić information content (AvgIpc) is 2.01. The molecule has 0 aromatic heterocycles. The first-order valence-electron chi connectivity index (χ1n) is 4.77. The topological polar surface area (TPSA) is 49.3 Å². The molecule has 1 unspecified atom stereocenters. The quantitative estimate of drug-likeness (QED) is 0.742. The maximum absolute atomic E-state index is 10.9. The van der Waals surface area contributed by atoms with Crippen molar-refractivity contribution in [3.05, 3.63) is 0 Å². The minimum Gasteiger partial charge on any atom is -0.480 e. The van der Waals surface area contributed by atoms with Crippen LogP contribution in [0, 0.1) is 0 Å². The predicted octanol–water partition coefficient (Wildman–Crippen LogP) is 1.97. The minimum atomic E-state index is -0.793. The number of carbonyl (C=O) groups is 1. The summed E-state index contributed by atoms with van der Waals surface area (Å²) in [5, 5.41) is 11.8. The molecule has 0 aliphatic heterocycles. The summed E-state index contributed by atoms with van der Waals surface area (Å²) < 4.78 is 0.202. The molecule has 4 heteroatoms. The summed E-state index contributed by atoms with van der Waals surface area (Å²) in [6, 6.07) is 0. The summed E-state index contributed by atoms with van der Waals surface area (Å²) in [5.74, 6) is 0.0714. The van der Waals surface area contributed by atoms with Crippen molar-refractivity contribution >= 4 is 17.7 Å². The normalized spacial score (nSPS) is 16.4. The number of rotatable bonds is 5. The van der Waals surface area contributed by atoms with Gasteiger partial charge in [0.15, 0.2) is 0 Å². The van der Waals surface area contributed by atoms with Crippen molar-refractivity contribution in [3.63, 3.8) is 0 Å². The minimum absolute atomic E-state index is 0.202. The maximum Gasteiger partial charge on any atom is 0.323 e. The lowest BCUT2D eigenvalue weighted by Crippen LogP contribution is -2.48. The van der Waals surface area contributed by atoms with E-state index in [1.165, 1.54) is 0 Å². The van der Waals surface area contributed by atoms with Gasteiger partial charge in [-0.25, -0.2) is 0 Å². The van der Waals surface area contributed by atoms with Crippen molar-refractivity contribution in [1.29, 1.82) is 0 Å². The molecule has 0 rings (SSSR count). The Labute approximate surface area is 90.7 Å². The highest BCUT2D eigenvalue weighted by Gasteiger charge is 2.30. The highest BCUT2D eigenvalue weighted by Crippen LogP contribution is 2.25. The molecule has 0 spiro atoms. The summed E-state index contributed by atoms with van der Waals surface area (Å²) in [6.45, 7) is 8.12. The van der Waals surface area contributed by atoms with Gasteiger partial charge in [0.2, 0.25) is 0 Å². The standard InChI is InChI=1S/C10H21NO2S/c1-9(2,3)14-7-6-10(4,11-5)8(12)13/h11H,6-7H2,1-5H3,(H,12,13). The highest BCUT2D eigenvalue weighted by atomic mass is 32.2. The van der Waals surface area contributed by atoms with E-state index in [9.17, 15) is 4.79 Å². The summed E-state index contributed by atoms with van der Waals surface area (Å²) in [6.07, 6.45) is 0.640. The molecule has 0 fully saturated rings. The molecule has 84 valence electrons. The van der Waals surface area contributed by atoms with Crippen molar-refractivity contribution in [2.75, 3.05) is 12.8 Å². The number of likely N-dealkylation sites (N-methyl/N-ethyl adjacent to an activating group) is 1. The van der Waals surface area contributed by atoms with Crippen LogP contribution >= 0.6 is 11.8 Å². The molecule has 0 aromatic rings. The van der Waals surface area contributed by atoms with Crippen LogP contribution < -0.4 is 5.32 Å². The van der Waals surface area contributed by atoms with E-state index in [-0.39, 0.29) is 4.75 Å². The van der Waals surface area contributed by atoms with Gasteiger partial charge in [-0.2, -0.15) is 11.8 Å². The Bertz CT molecular complexity index is 201. The molecule has 0 aromatic carbocycles. The molecule has 0 saturated carbocycles. The van der Waals surface area contributed by atoms with E-state index in [1.54, 1.807) is 25.7 Å². The fraction of sp³-hybridized carbons (Fsp3) is 0.900. The molecule has 0 aliphatic carbocycles. The Kier molecular flexibility index (Phi) is 4.95. The van der Waals surface area contributed by atoms with Gasteiger partial charge < -0.3 is 10.4 Å². The van der Waals surface area contributed by atoms with Crippen LogP contribution in [-0.2, 0) is 4.79 Å². The predicted molar refractivity (Wildman–Crippen MR) is 61.9 cm³/mol. The van der Waals surface area contributed by atoms with E-state index >= 15 is 0 Å². The Morgan fingerprint density at radius 2 is 1.86 bits per heavy atom. The fourth-order valence-corrected chi connectivity index (χ4v) is 2.02. The van der Waals surface area contributed by atoms with Crippen molar-refractivity contribution in [1.82, 2.24) is 5.32 Å². The molecule has 0 amide bonds. The van der Waals surface area contributed by atoms with Crippen LogP contribution in [0.4, 0.5) is 0 Å². The largest absolute Gasteiger partial charge is 0.480 e. The summed E-state index contributed by atoms with van der Waals surface area (Å²) in [7, 11) is 1.69. The second-order valence-corrected chi connectivity index (χ2v) is 6.52. The zero-order valence-corrected chi connectivity index (χ0v) is 10.5. The van der Waals surface area contributed by atoms with E-state index in [0.29, 0.717) is 6.42 Å². The summed E-state index contributed by atoms with van der Waals surface area (Å²) >= 11 is 1.79. The van der Waals surface area contributed by atoms with Crippen LogP contribution in [0.25, 0.3) is 0 Å². The van der Waals surface area contributed by atoms with Gasteiger partial charge in [0.25, 0.3) is 0 Å². The van der Waals surface area contributed by atoms with Crippen LogP contribution in [0.3, 0.4) is 0 Å². The Balaban J connectivity index is 4.04. The second-order valence-electron chi connectivity index (χ2n) is 4.60. The van der Waals surface area contributed by atoms with Gasteiger partial charge in [-0.1, -0.05) is 20.8 Å². The Hall–Kier alpha value is -0.220. The van der Waals surface area contributed by atoms with E-state index in [4.69, 9.17) is 5.11 Å². The highest BCUT2D eigenvalue weighted by molar-refractivity contribution is 8.00. The monoisotopic (exact) mass is 219 g/mol. The molecule has 2 N–H and O–H groups in total. The van der Waals surface area contributed by atoms with E-state index in [1.807, 2.05) is 0 Å². The van der Waals surface area contributed by atoms with Crippen LogP contribution in [0.15, 0.2) is 0 Å². The SMILES string of the molecule is CNC(C)(CCSC(C)(C)C)C(=O)O. The van der Waals surface area contributed by atoms with Gasteiger partial charge in [-0.3, -0.25) is 4.79 Å². The van der Waals surface area contributed by atoms with Crippen LogP contribution in [0.1, 0.15) is 34.1 Å². The van der Waals surface area contributed by atoms with Gasteiger partial charge in [-0.15, -0.1) is 0 Å². The third-order valence-corrected chi connectivity index (χ3v) is 3.44. The van der Waals surface area contributed by atoms with E-state index < -0.39 is 11.5 Å². The number of carboxylic acids is 1. The maximum atomic E-state index is 10.9. The van der Waals surface area contributed by atoms with Gasteiger partial charge >= 0.3 is 5.97 Å². The summed E-state index contributed by atoms with van der Waals surface area (Å²) in [4.78, 5) is 10.9. The Morgan fingerprint density at radius 3 is 2.14 bits per heavy atom. The lowest BCUT2D eigenvalue weighted by molar-refractivity contribution is -0.144. The average molecular weight is 219 g/mol. The third kappa shape index (κ3) is 4.86. The first kappa shape index (κ1) is 13.8. The number of hydrogen-bond acceptors (Lipinski definition) is 3. The van der Waals surface area contributed by atoms with Crippen molar-refractivity contribution < 1.29 is 9.90 Å². The molecule has 0 saturated heterocycles. The van der Waals surface area contributed by atoms with E-state index in [0.717, 1.165) is 5.75 Å². The van der Waals surface area contributed by atoms with Crippen LogP contribution in [-0.4, -0.2) is 34.2 Å². The fourth-order valence-electron chi connectivity index (χ4n) is 0.900. The number of nitrogens with one attached hydrogen (secondary N) is 1. The molecule has 3 nitrogen and oxygen atoms in total. The number of hydrogen-bond donors (Lipinski definition) is 2. The zero-order valence-electron chi connectivity index (χ0n) is 9.68. The second kappa shape index (κ2) is 5.03. The van der Waals surface area contributed by atoms with Crippen molar-refractivity contribution in [3.8, 4) is 0 Å². The third-order valence-electron chi connectivity index (χ3n) is 2.16. The molecular formula is C10H21NO2S. The smallest absolute Gasteiger partial charge is 0.323 e. The van der Waals surface area contributed by atoms with Crippen molar-refractivity contribution in [2.24, 2.45) is 0 Å². The molecule has 14 heavy (non-hydrogen) atoms. The van der Waals surface area contributed by atoms with Gasteiger partial charge in [0.1, 0.15) is 5.54 Å². The number of carboxylic acid groups (broad SMARTS) is 1. The lowest BCUT2D eigenvalue weighted by atomic mass is 10.00. The first-order valence-corrected chi connectivity index (χ1v) is 5.76. The van der Waals surface area contributed by atoms with Gasteiger partial charge in [0, 0.05) is 4.75 Å². The molecule has 1 atom stereocenters. The van der Waals surface area contributed by atoms with Crippen molar-refractivity contribution in [2.45, 2.75) is 44.4 Å². The lowest BCUT2D eigenvalue weighted by Gasteiger charge is -2.26. The molecule has 0 radical (unpaired) electrons. The molecule has 0 aliphatic rings. The number of aliphatic carboxylic acids is 1. The van der Waals surface area contributed by atoms with Gasteiger partial charge in [0.05, 0.1) is 0 Å². The Morgan fingerprint density at radius 1 is 1.36 bits per heavy atom. The summed E-state index contributed by atoms with van der Waals surface area (Å²) in [5.41, 5.74) is -0.793. The first-order chi connectivity index (χ1) is 6.21. The molecule has 0 heterocycles. The zero-order chi connectivity index (χ0) is 11.4. The number of thioether (sulfide) groups is 1. The molecular weight excluding hydrogens is 198 g/mol. The van der Waals surface area contributed by atoms with Gasteiger partial charge in [-0.05, 0) is 26.1 Å². The van der Waals surface area contributed by atoms with Crippen LogP contribution in [0.2, 0.25) is 0 Å².